The summed E-state index contributed by atoms with van der Waals surface area (Å²) in [5, 5.41) is 5.36. The van der Waals surface area contributed by atoms with Crippen molar-refractivity contribution in [3.8, 4) is 0 Å². The fourth-order valence-corrected chi connectivity index (χ4v) is 5.79. The van der Waals surface area contributed by atoms with E-state index in [1.807, 2.05) is 17.2 Å². The number of aromatic nitrogens is 2. The first kappa shape index (κ1) is 24.2. The molecule has 1 atom stereocenters. The first-order valence-corrected chi connectivity index (χ1v) is 13.6. The molecule has 0 spiro atoms. The quantitative estimate of drug-likeness (QED) is 0.538. The zero-order chi connectivity index (χ0) is 25.0. The van der Waals surface area contributed by atoms with Crippen molar-refractivity contribution in [1.29, 1.82) is 0 Å². The minimum atomic E-state index is 0.156. The van der Waals surface area contributed by atoms with Crippen LogP contribution in [0, 0.1) is 0 Å². The Morgan fingerprint density at radius 1 is 0.838 bits per heavy atom. The van der Waals surface area contributed by atoms with Gasteiger partial charge in [0.15, 0.2) is 5.82 Å². The number of hydrogen-bond acceptors (Lipinski definition) is 8. The van der Waals surface area contributed by atoms with E-state index < -0.39 is 0 Å². The van der Waals surface area contributed by atoms with E-state index in [1.54, 1.807) is 6.33 Å². The topological polar surface area (TPSA) is 60.0 Å². The zero-order valence-electron chi connectivity index (χ0n) is 21.7. The lowest BCUT2D eigenvalue weighted by Crippen LogP contribution is -2.52. The molecule has 0 radical (unpaired) electrons. The summed E-state index contributed by atoms with van der Waals surface area (Å²) in [4.78, 5) is 22.6. The molecule has 4 heterocycles. The van der Waals surface area contributed by atoms with E-state index in [4.69, 9.17) is 4.84 Å². The summed E-state index contributed by atoms with van der Waals surface area (Å²) in [5.74, 6) is 1.52. The van der Waals surface area contributed by atoms with E-state index in [1.165, 1.54) is 50.3 Å². The van der Waals surface area contributed by atoms with E-state index in [2.05, 4.69) is 85.6 Å². The Morgan fingerprint density at radius 3 is 2.35 bits per heavy atom. The van der Waals surface area contributed by atoms with E-state index in [0.29, 0.717) is 6.61 Å². The normalized spacial score (nSPS) is 21.9. The highest BCUT2D eigenvalue weighted by molar-refractivity contribution is 5.62. The summed E-state index contributed by atoms with van der Waals surface area (Å²) in [7, 11) is 2.23. The molecular weight excluding hydrogens is 462 g/mol. The van der Waals surface area contributed by atoms with Crippen molar-refractivity contribution in [1.82, 2.24) is 19.8 Å². The molecule has 0 saturated carbocycles. The Bertz CT molecular complexity index is 1140. The Kier molecular flexibility index (Phi) is 7.21. The molecule has 8 nitrogen and oxygen atoms in total. The van der Waals surface area contributed by atoms with Crippen LogP contribution >= 0.6 is 0 Å². The van der Waals surface area contributed by atoms with Gasteiger partial charge in [0, 0.05) is 69.2 Å². The number of nitrogens with one attached hydrogen (secondary N) is 1. The monoisotopic (exact) mass is 499 g/mol. The van der Waals surface area contributed by atoms with Gasteiger partial charge in [0.05, 0.1) is 12.6 Å². The maximum Gasteiger partial charge on any atom is 0.158 e. The van der Waals surface area contributed by atoms with E-state index in [-0.39, 0.29) is 6.04 Å². The molecule has 3 fully saturated rings. The summed E-state index contributed by atoms with van der Waals surface area (Å²) in [6.45, 7) is 7.74. The molecule has 1 unspecified atom stereocenters. The molecule has 3 saturated heterocycles. The third-order valence-electron chi connectivity index (χ3n) is 7.99. The van der Waals surface area contributed by atoms with E-state index in [9.17, 15) is 0 Å². The lowest BCUT2D eigenvalue weighted by molar-refractivity contribution is 0.0982. The first-order valence-electron chi connectivity index (χ1n) is 13.6. The van der Waals surface area contributed by atoms with Crippen molar-refractivity contribution in [3.63, 3.8) is 0 Å². The van der Waals surface area contributed by atoms with Gasteiger partial charge >= 0.3 is 0 Å². The predicted octanol–water partition coefficient (Wildman–Crippen LogP) is 4.32. The van der Waals surface area contributed by atoms with Crippen LogP contribution in [0.15, 0.2) is 67.0 Å². The van der Waals surface area contributed by atoms with E-state index >= 15 is 0 Å². The number of hydrogen-bond donors (Lipinski definition) is 1. The van der Waals surface area contributed by atoms with Crippen LogP contribution in [-0.4, -0.2) is 78.7 Å². The van der Waals surface area contributed by atoms with Crippen LogP contribution in [0.1, 0.15) is 30.9 Å². The third-order valence-corrected chi connectivity index (χ3v) is 7.99. The summed E-state index contributed by atoms with van der Waals surface area (Å²) >= 11 is 0. The van der Waals surface area contributed by atoms with Crippen LogP contribution in [0.2, 0.25) is 0 Å². The van der Waals surface area contributed by atoms with Gasteiger partial charge in [0.2, 0.25) is 0 Å². The minimum absolute atomic E-state index is 0.156. The van der Waals surface area contributed by atoms with Gasteiger partial charge in [-0.1, -0.05) is 30.3 Å². The fraction of sp³-hybridized carbons (Fsp3) is 0.448. The standard InChI is InChI=1S/C29H37N7O/c1-33-16-18-35(19-17-33)26-11-14-34(15-12-26)25-9-7-24(8-10-25)32-28-21-29(31-22-30-28)36-27(13-20-37-36)23-5-3-2-4-6-23/h2-10,21-22,26-27H,11-20H2,1H3,(H,30,31,32). The Labute approximate surface area is 219 Å². The average Bonchev–Trinajstić information content (AvgIpc) is 3.45. The number of likely N-dealkylation sites (N-methyl/N-ethyl adjacent to an activating group) is 1. The molecule has 8 heteroatoms. The molecule has 0 bridgehead atoms. The van der Waals surface area contributed by atoms with Crippen LogP contribution in [0.3, 0.4) is 0 Å². The molecule has 0 amide bonds. The first-order chi connectivity index (χ1) is 18.2. The number of hydroxylamine groups is 1. The number of rotatable bonds is 6. The number of anilines is 4. The van der Waals surface area contributed by atoms with E-state index in [0.717, 1.165) is 42.9 Å². The molecule has 37 heavy (non-hydrogen) atoms. The number of benzene rings is 2. The largest absolute Gasteiger partial charge is 0.371 e. The molecule has 3 aliphatic heterocycles. The van der Waals surface area contributed by atoms with Crippen LogP contribution in [0.25, 0.3) is 0 Å². The molecule has 0 aliphatic carbocycles. The molecule has 1 N–H and O–H groups in total. The summed E-state index contributed by atoms with van der Waals surface area (Å²) < 4.78 is 0. The van der Waals surface area contributed by atoms with Crippen LogP contribution < -0.4 is 15.3 Å². The summed E-state index contributed by atoms with van der Waals surface area (Å²) in [5.41, 5.74) is 3.54. The smallest absolute Gasteiger partial charge is 0.158 e. The number of nitrogens with zero attached hydrogens (tertiary/aromatic N) is 6. The number of piperidine rings is 1. The summed E-state index contributed by atoms with van der Waals surface area (Å²) in [6.07, 6.45) is 5.02. The molecule has 3 aromatic rings. The predicted molar refractivity (Wildman–Crippen MR) is 148 cm³/mol. The maximum atomic E-state index is 5.95. The zero-order valence-corrected chi connectivity index (χ0v) is 21.7. The van der Waals surface area contributed by atoms with Gasteiger partial charge in [0.25, 0.3) is 0 Å². The van der Waals surface area contributed by atoms with Gasteiger partial charge in [-0.15, -0.1) is 0 Å². The fourth-order valence-electron chi connectivity index (χ4n) is 5.79. The van der Waals surface area contributed by atoms with Crippen molar-refractivity contribution in [2.45, 2.75) is 31.3 Å². The summed E-state index contributed by atoms with van der Waals surface area (Å²) in [6, 6.07) is 22.0. The average molecular weight is 500 g/mol. The highest BCUT2D eigenvalue weighted by Crippen LogP contribution is 2.34. The third kappa shape index (κ3) is 5.56. The lowest BCUT2D eigenvalue weighted by atomic mass is 10.0. The number of piperazine rings is 1. The van der Waals surface area contributed by atoms with Crippen molar-refractivity contribution in [3.05, 3.63) is 72.6 Å². The SMILES string of the molecule is CN1CCN(C2CCN(c3ccc(Nc4cc(N5OCCC5c5ccccc5)ncn4)cc3)CC2)CC1. The van der Waals surface area contributed by atoms with Crippen molar-refractivity contribution in [2.75, 3.05) is 68.2 Å². The van der Waals surface area contributed by atoms with Gasteiger partial charge in [-0.25, -0.2) is 15.0 Å². The second-order valence-corrected chi connectivity index (χ2v) is 10.4. The molecule has 6 rings (SSSR count). The molecule has 3 aliphatic rings. The Balaban J connectivity index is 1.06. The van der Waals surface area contributed by atoms with Crippen molar-refractivity contribution >= 4 is 23.0 Å². The van der Waals surface area contributed by atoms with Gasteiger partial charge in [-0.2, -0.15) is 0 Å². The molecule has 1 aromatic heterocycles. The highest BCUT2D eigenvalue weighted by atomic mass is 16.7. The molecule has 194 valence electrons. The highest BCUT2D eigenvalue weighted by Gasteiger charge is 2.29. The second-order valence-electron chi connectivity index (χ2n) is 10.4. The molecular formula is C29H37N7O. The Morgan fingerprint density at radius 2 is 1.59 bits per heavy atom. The minimum Gasteiger partial charge on any atom is -0.371 e. The van der Waals surface area contributed by atoms with Gasteiger partial charge in [-0.3, -0.25) is 9.74 Å². The lowest BCUT2D eigenvalue weighted by Gasteiger charge is -2.42. The maximum absolute atomic E-state index is 5.95. The van der Waals surface area contributed by atoms with Gasteiger partial charge in [-0.05, 0) is 49.7 Å². The Hall–Kier alpha value is -3.20. The van der Waals surface area contributed by atoms with Crippen molar-refractivity contribution < 1.29 is 4.84 Å². The van der Waals surface area contributed by atoms with Crippen LogP contribution in [0.5, 0.6) is 0 Å². The van der Waals surface area contributed by atoms with Crippen LogP contribution in [-0.2, 0) is 4.84 Å². The second kappa shape index (κ2) is 11.0. The molecule has 2 aromatic carbocycles. The van der Waals surface area contributed by atoms with Gasteiger partial charge in [0.1, 0.15) is 12.1 Å². The van der Waals surface area contributed by atoms with Crippen molar-refractivity contribution in [2.24, 2.45) is 0 Å². The van der Waals surface area contributed by atoms with Gasteiger partial charge < -0.3 is 15.1 Å². The van der Waals surface area contributed by atoms with Crippen LogP contribution in [0.4, 0.5) is 23.0 Å².